The molecule has 98 valence electrons. The Kier molecular flexibility index (Phi) is 4.20. The van der Waals surface area contributed by atoms with E-state index in [4.69, 9.17) is 0 Å². The number of hydrogen-bond donors (Lipinski definition) is 2. The molecule has 0 spiro atoms. The Bertz CT molecular complexity index is 396. The molecule has 0 saturated carbocycles. The van der Waals surface area contributed by atoms with Crippen LogP contribution in [0.1, 0.15) is 19.8 Å². The number of nitrogens with one attached hydrogen (secondary N) is 2. The third-order valence-corrected chi connectivity index (χ3v) is 3.43. The highest BCUT2D eigenvalue weighted by Crippen LogP contribution is 2.21. The monoisotopic (exact) mass is 247 g/mol. The Labute approximate surface area is 108 Å². The molecule has 1 atom stereocenters. The number of nitrogens with zero attached hydrogens (tertiary/aromatic N) is 1. The topological polar surface area (TPSA) is 44.4 Å². The lowest BCUT2D eigenvalue weighted by atomic mass is 10.2. The molecule has 0 aromatic heterocycles. The SMILES string of the molecule is CNC(C)C(=O)Nc1ccc(N2CCCC2)cc1. The van der Waals surface area contributed by atoms with E-state index in [2.05, 4.69) is 27.7 Å². The van der Waals surface area contributed by atoms with Crippen LogP contribution in [0.5, 0.6) is 0 Å². The summed E-state index contributed by atoms with van der Waals surface area (Å²) in [6.07, 6.45) is 2.55. The van der Waals surface area contributed by atoms with Crippen molar-refractivity contribution in [2.24, 2.45) is 0 Å². The molecule has 18 heavy (non-hydrogen) atoms. The summed E-state index contributed by atoms with van der Waals surface area (Å²) in [6.45, 7) is 4.12. The van der Waals surface area contributed by atoms with Gasteiger partial charge in [0.2, 0.25) is 5.91 Å². The van der Waals surface area contributed by atoms with Gasteiger partial charge in [0.1, 0.15) is 0 Å². The summed E-state index contributed by atoms with van der Waals surface area (Å²) < 4.78 is 0. The maximum atomic E-state index is 11.7. The molecule has 0 radical (unpaired) electrons. The molecule has 1 heterocycles. The first-order valence-electron chi connectivity index (χ1n) is 6.54. The van der Waals surface area contributed by atoms with E-state index in [1.807, 2.05) is 19.1 Å². The maximum Gasteiger partial charge on any atom is 0.241 e. The first-order valence-corrected chi connectivity index (χ1v) is 6.54. The fourth-order valence-electron chi connectivity index (χ4n) is 2.11. The Hall–Kier alpha value is -1.55. The summed E-state index contributed by atoms with van der Waals surface area (Å²) in [5.74, 6) is -0.00794. The minimum Gasteiger partial charge on any atom is -0.372 e. The standard InChI is InChI=1S/C14H21N3O/c1-11(15-2)14(18)16-12-5-7-13(8-6-12)17-9-3-4-10-17/h5-8,11,15H,3-4,9-10H2,1-2H3,(H,16,18). The van der Waals surface area contributed by atoms with E-state index in [1.54, 1.807) is 7.05 Å². The number of carbonyl (C=O) groups excluding carboxylic acids is 1. The van der Waals surface area contributed by atoms with Crippen molar-refractivity contribution in [3.63, 3.8) is 0 Å². The zero-order valence-corrected chi connectivity index (χ0v) is 11.1. The summed E-state index contributed by atoms with van der Waals surface area (Å²) >= 11 is 0. The van der Waals surface area contributed by atoms with Crippen LogP contribution < -0.4 is 15.5 Å². The van der Waals surface area contributed by atoms with Gasteiger partial charge in [0.05, 0.1) is 6.04 Å². The van der Waals surface area contributed by atoms with E-state index >= 15 is 0 Å². The Morgan fingerprint density at radius 3 is 2.39 bits per heavy atom. The molecule has 1 aromatic rings. The largest absolute Gasteiger partial charge is 0.372 e. The van der Waals surface area contributed by atoms with Crippen LogP contribution in [0.25, 0.3) is 0 Å². The lowest BCUT2D eigenvalue weighted by Gasteiger charge is -2.18. The van der Waals surface area contributed by atoms with Crippen molar-refractivity contribution in [1.82, 2.24) is 5.32 Å². The van der Waals surface area contributed by atoms with Gasteiger partial charge in [0.15, 0.2) is 0 Å². The van der Waals surface area contributed by atoms with Crippen molar-refractivity contribution < 1.29 is 4.79 Å². The van der Waals surface area contributed by atoms with E-state index in [0.29, 0.717) is 0 Å². The van der Waals surface area contributed by atoms with Gasteiger partial charge in [-0.25, -0.2) is 0 Å². The summed E-state index contributed by atoms with van der Waals surface area (Å²) in [6, 6.07) is 7.90. The predicted molar refractivity (Wildman–Crippen MR) is 75.0 cm³/mol. The number of anilines is 2. The Morgan fingerprint density at radius 2 is 1.83 bits per heavy atom. The predicted octanol–water partition coefficient (Wildman–Crippen LogP) is 1.83. The highest BCUT2D eigenvalue weighted by molar-refractivity contribution is 5.94. The number of carbonyl (C=O) groups is 1. The quantitative estimate of drug-likeness (QED) is 0.853. The normalized spacial score (nSPS) is 16.7. The molecule has 1 amide bonds. The van der Waals surface area contributed by atoms with Gasteiger partial charge < -0.3 is 15.5 Å². The second-order valence-electron chi connectivity index (χ2n) is 4.74. The molecule has 1 unspecified atom stereocenters. The average molecular weight is 247 g/mol. The van der Waals surface area contributed by atoms with E-state index < -0.39 is 0 Å². The number of hydrogen-bond acceptors (Lipinski definition) is 3. The van der Waals surface area contributed by atoms with E-state index in [0.717, 1.165) is 18.8 Å². The Balaban J connectivity index is 1.97. The van der Waals surface area contributed by atoms with Gasteiger partial charge in [0.25, 0.3) is 0 Å². The molecule has 1 fully saturated rings. The molecule has 2 N–H and O–H groups in total. The van der Waals surface area contributed by atoms with Crippen molar-refractivity contribution in [2.75, 3.05) is 30.4 Å². The van der Waals surface area contributed by atoms with Crippen LogP contribution in [0.4, 0.5) is 11.4 Å². The zero-order chi connectivity index (χ0) is 13.0. The number of benzene rings is 1. The van der Waals surface area contributed by atoms with Crippen molar-refractivity contribution in [3.05, 3.63) is 24.3 Å². The van der Waals surface area contributed by atoms with Crippen molar-refractivity contribution in [1.29, 1.82) is 0 Å². The highest BCUT2D eigenvalue weighted by Gasteiger charge is 2.13. The minimum atomic E-state index is -0.178. The minimum absolute atomic E-state index is 0.00794. The van der Waals surface area contributed by atoms with Crippen LogP contribution in [0.3, 0.4) is 0 Å². The Morgan fingerprint density at radius 1 is 1.22 bits per heavy atom. The van der Waals surface area contributed by atoms with Crippen LogP contribution in [-0.4, -0.2) is 32.1 Å². The smallest absolute Gasteiger partial charge is 0.241 e. The lowest BCUT2D eigenvalue weighted by Crippen LogP contribution is -2.35. The first kappa shape index (κ1) is 12.9. The van der Waals surface area contributed by atoms with Gasteiger partial charge >= 0.3 is 0 Å². The van der Waals surface area contributed by atoms with E-state index in [1.165, 1.54) is 18.5 Å². The van der Waals surface area contributed by atoms with Crippen molar-refractivity contribution >= 4 is 17.3 Å². The van der Waals surface area contributed by atoms with E-state index in [9.17, 15) is 4.79 Å². The first-order chi connectivity index (χ1) is 8.70. The molecule has 0 aliphatic carbocycles. The zero-order valence-electron chi connectivity index (χ0n) is 11.1. The average Bonchev–Trinajstić information content (AvgIpc) is 2.92. The molecule has 0 bridgehead atoms. The molecular weight excluding hydrogens is 226 g/mol. The molecule has 4 nitrogen and oxygen atoms in total. The molecule has 1 aliphatic rings. The molecular formula is C14H21N3O. The van der Waals surface area contributed by atoms with Crippen LogP contribution >= 0.6 is 0 Å². The number of rotatable bonds is 4. The second-order valence-corrected chi connectivity index (χ2v) is 4.74. The lowest BCUT2D eigenvalue weighted by molar-refractivity contribution is -0.117. The summed E-state index contributed by atoms with van der Waals surface area (Å²) in [7, 11) is 1.78. The third kappa shape index (κ3) is 3.01. The number of likely N-dealkylation sites (N-methyl/N-ethyl adjacent to an activating group) is 1. The number of amides is 1. The van der Waals surface area contributed by atoms with Gasteiger partial charge in [-0.15, -0.1) is 0 Å². The molecule has 1 saturated heterocycles. The van der Waals surface area contributed by atoms with Crippen LogP contribution in [0.2, 0.25) is 0 Å². The van der Waals surface area contributed by atoms with Crippen molar-refractivity contribution in [3.8, 4) is 0 Å². The van der Waals surface area contributed by atoms with Gasteiger partial charge in [-0.1, -0.05) is 0 Å². The van der Waals surface area contributed by atoms with Crippen molar-refractivity contribution in [2.45, 2.75) is 25.8 Å². The highest BCUT2D eigenvalue weighted by atomic mass is 16.2. The maximum absolute atomic E-state index is 11.7. The van der Waals surface area contributed by atoms with Gasteiger partial charge in [-0.2, -0.15) is 0 Å². The molecule has 4 heteroatoms. The third-order valence-electron chi connectivity index (χ3n) is 3.43. The van der Waals surface area contributed by atoms with Gasteiger partial charge in [-0.3, -0.25) is 4.79 Å². The van der Waals surface area contributed by atoms with Crippen LogP contribution in [0.15, 0.2) is 24.3 Å². The van der Waals surface area contributed by atoms with Gasteiger partial charge in [-0.05, 0) is 51.1 Å². The summed E-state index contributed by atoms with van der Waals surface area (Å²) in [4.78, 5) is 14.1. The summed E-state index contributed by atoms with van der Waals surface area (Å²) in [5.41, 5.74) is 2.09. The summed E-state index contributed by atoms with van der Waals surface area (Å²) in [5, 5.41) is 5.81. The molecule has 1 aromatic carbocycles. The van der Waals surface area contributed by atoms with Crippen LogP contribution in [0, 0.1) is 0 Å². The fraction of sp³-hybridized carbons (Fsp3) is 0.500. The molecule has 1 aliphatic heterocycles. The molecule has 2 rings (SSSR count). The second kappa shape index (κ2) is 5.87. The van der Waals surface area contributed by atoms with Crippen LogP contribution in [-0.2, 0) is 4.79 Å². The van der Waals surface area contributed by atoms with E-state index in [-0.39, 0.29) is 11.9 Å². The van der Waals surface area contributed by atoms with Gasteiger partial charge in [0, 0.05) is 24.5 Å². The fourth-order valence-corrected chi connectivity index (χ4v) is 2.11.